The lowest BCUT2D eigenvalue weighted by Gasteiger charge is -2.41. The second-order valence-electron chi connectivity index (χ2n) is 6.60. The van der Waals surface area contributed by atoms with Crippen LogP contribution in [-0.4, -0.2) is 39.5 Å². The van der Waals surface area contributed by atoms with E-state index in [1.165, 1.54) is 4.90 Å². The third-order valence-corrected chi connectivity index (χ3v) is 5.84. The highest BCUT2D eigenvalue weighted by atomic mass is 32.1. The van der Waals surface area contributed by atoms with E-state index in [0.29, 0.717) is 24.1 Å². The average molecular weight is 358 g/mol. The first kappa shape index (κ1) is 17.6. The van der Waals surface area contributed by atoms with Gasteiger partial charge < -0.3 is 10.0 Å². The van der Waals surface area contributed by atoms with Crippen LogP contribution in [0.4, 0.5) is 0 Å². The van der Waals surface area contributed by atoms with Gasteiger partial charge in [0.1, 0.15) is 5.54 Å². The van der Waals surface area contributed by atoms with Crippen LogP contribution in [0.3, 0.4) is 0 Å². The number of carbonyl (C=O) groups excluding carboxylic acids is 1. The number of aryl methyl sites for hydroxylation is 1. The predicted octanol–water partition coefficient (Wildman–Crippen LogP) is 3.98. The maximum absolute atomic E-state index is 13.0. The lowest BCUT2D eigenvalue weighted by molar-refractivity contribution is -0.151. The number of pyridine rings is 1. The summed E-state index contributed by atoms with van der Waals surface area (Å²) >= 11 is 1.60. The number of aromatic nitrogens is 1. The van der Waals surface area contributed by atoms with Gasteiger partial charge in [0.25, 0.3) is 5.91 Å². The predicted molar refractivity (Wildman–Crippen MR) is 97.8 cm³/mol. The van der Waals surface area contributed by atoms with Gasteiger partial charge >= 0.3 is 5.97 Å². The maximum atomic E-state index is 13.0. The van der Waals surface area contributed by atoms with E-state index < -0.39 is 11.5 Å². The van der Waals surface area contributed by atoms with Crippen molar-refractivity contribution in [2.24, 2.45) is 0 Å². The number of hydrogen-bond donors (Lipinski definition) is 1. The van der Waals surface area contributed by atoms with Crippen LogP contribution in [0.25, 0.3) is 11.3 Å². The lowest BCUT2D eigenvalue weighted by Crippen LogP contribution is -2.56. The summed E-state index contributed by atoms with van der Waals surface area (Å²) in [5, 5.41) is 13.8. The Kier molecular flexibility index (Phi) is 4.90. The van der Waals surface area contributed by atoms with E-state index in [1.54, 1.807) is 31.4 Å². The zero-order valence-corrected chi connectivity index (χ0v) is 15.3. The molecule has 0 bridgehead atoms. The molecule has 0 saturated heterocycles. The van der Waals surface area contributed by atoms with Crippen LogP contribution in [0.15, 0.2) is 29.0 Å². The Hall–Kier alpha value is -2.21. The van der Waals surface area contributed by atoms with Gasteiger partial charge in [-0.15, -0.1) is 0 Å². The highest BCUT2D eigenvalue weighted by molar-refractivity contribution is 7.08. The van der Waals surface area contributed by atoms with E-state index in [1.807, 2.05) is 22.9 Å². The summed E-state index contributed by atoms with van der Waals surface area (Å²) in [5.74, 6) is -1.19. The first-order chi connectivity index (χ1) is 12.0. The fourth-order valence-corrected chi connectivity index (χ4v) is 4.21. The monoisotopic (exact) mass is 358 g/mol. The van der Waals surface area contributed by atoms with Gasteiger partial charge in [0.05, 0.1) is 17.0 Å². The molecule has 1 aliphatic carbocycles. The van der Waals surface area contributed by atoms with Gasteiger partial charge in [0.2, 0.25) is 0 Å². The molecule has 5 nitrogen and oxygen atoms in total. The average Bonchev–Trinajstić information content (AvgIpc) is 3.15. The van der Waals surface area contributed by atoms with Gasteiger partial charge in [-0.25, -0.2) is 4.79 Å². The second-order valence-corrected chi connectivity index (χ2v) is 7.38. The molecule has 1 N–H and O–H groups in total. The number of carboxylic acid groups (broad SMARTS) is 1. The van der Waals surface area contributed by atoms with Gasteiger partial charge in [0, 0.05) is 18.0 Å². The molecule has 0 spiro atoms. The number of hydrogen-bond acceptors (Lipinski definition) is 4. The van der Waals surface area contributed by atoms with E-state index in [-0.39, 0.29) is 5.91 Å². The van der Waals surface area contributed by atoms with Crippen molar-refractivity contribution in [1.29, 1.82) is 0 Å². The second kappa shape index (κ2) is 6.96. The van der Waals surface area contributed by atoms with E-state index in [2.05, 4.69) is 4.98 Å². The van der Waals surface area contributed by atoms with Gasteiger partial charge in [-0.05, 0) is 43.3 Å². The summed E-state index contributed by atoms with van der Waals surface area (Å²) in [5.41, 5.74) is 1.83. The fourth-order valence-electron chi connectivity index (χ4n) is 3.56. The van der Waals surface area contributed by atoms with Crippen LogP contribution in [0.2, 0.25) is 0 Å². The number of amides is 1. The van der Waals surface area contributed by atoms with Gasteiger partial charge in [-0.2, -0.15) is 11.3 Å². The van der Waals surface area contributed by atoms with Crippen molar-refractivity contribution in [2.45, 2.75) is 44.6 Å². The van der Waals surface area contributed by atoms with E-state index in [0.717, 1.165) is 30.5 Å². The molecule has 25 heavy (non-hydrogen) atoms. The molecule has 2 heterocycles. The van der Waals surface area contributed by atoms with Crippen LogP contribution in [-0.2, 0) is 4.79 Å². The van der Waals surface area contributed by atoms with Gasteiger partial charge in [-0.1, -0.05) is 19.3 Å². The number of likely N-dealkylation sites (N-methyl/N-ethyl adjacent to an activating group) is 1. The normalized spacial score (nSPS) is 16.4. The quantitative estimate of drug-likeness (QED) is 0.897. The number of carboxylic acids is 1. The Balaban J connectivity index is 1.90. The number of carbonyl (C=O) groups is 2. The molecule has 3 rings (SSSR count). The van der Waals surface area contributed by atoms with E-state index in [9.17, 15) is 14.7 Å². The summed E-state index contributed by atoms with van der Waals surface area (Å²) in [6.07, 6.45) is 3.69. The van der Waals surface area contributed by atoms with Crippen LogP contribution in [0, 0.1) is 6.92 Å². The summed E-state index contributed by atoms with van der Waals surface area (Å²) < 4.78 is 0. The van der Waals surface area contributed by atoms with Gasteiger partial charge in [-0.3, -0.25) is 9.78 Å². The first-order valence-electron chi connectivity index (χ1n) is 8.47. The summed E-state index contributed by atoms with van der Waals surface area (Å²) in [7, 11) is 1.61. The Morgan fingerprint density at radius 2 is 1.92 bits per heavy atom. The van der Waals surface area contributed by atoms with E-state index in [4.69, 9.17) is 0 Å². The SMILES string of the molecule is Cc1nc(-c2ccsc2)ccc1C(=O)N(C)C1(C(=O)O)CCCCC1. The van der Waals surface area contributed by atoms with Crippen molar-refractivity contribution in [2.75, 3.05) is 7.05 Å². The molecule has 2 aromatic heterocycles. The maximum Gasteiger partial charge on any atom is 0.329 e. The number of nitrogens with zero attached hydrogens (tertiary/aromatic N) is 2. The zero-order valence-electron chi connectivity index (χ0n) is 14.5. The Labute approximate surface area is 151 Å². The fraction of sp³-hybridized carbons (Fsp3) is 0.421. The smallest absolute Gasteiger partial charge is 0.329 e. The Morgan fingerprint density at radius 1 is 1.20 bits per heavy atom. The molecule has 0 aromatic carbocycles. The largest absolute Gasteiger partial charge is 0.479 e. The zero-order chi connectivity index (χ0) is 18.0. The summed E-state index contributed by atoms with van der Waals surface area (Å²) in [6, 6.07) is 5.57. The molecular formula is C19H22N2O3S. The van der Waals surface area contributed by atoms with Crippen LogP contribution < -0.4 is 0 Å². The molecule has 2 aromatic rings. The lowest BCUT2D eigenvalue weighted by atomic mass is 9.80. The molecule has 0 atom stereocenters. The van der Waals surface area contributed by atoms with Crippen LogP contribution >= 0.6 is 11.3 Å². The molecule has 1 fully saturated rings. The van der Waals surface area contributed by atoms with Crippen molar-refractivity contribution in [1.82, 2.24) is 9.88 Å². The molecule has 0 radical (unpaired) electrons. The van der Waals surface area contributed by atoms with Crippen molar-refractivity contribution < 1.29 is 14.7 Å². The minimum atomic E-state index is -1.10. The molecule has 1 saturated carbocycles. The highest BCUT2D eigenvalue weighted by Gasteiger charge is 2.45. The summed E-state index contributed by atoms with van der Waals surface area (Å²) in [6.45, 7) is 1.80. The Morgan fingerprint density at radius 3 is 2.48 bits per heavy atom. The first-order valence-corrected chi connectivity index (χ1v) is 9.42. The Bertz CT molecular complexity index is 780. The molecule has 1 aliphatic rings. The molecule has 6 heteroatoms. The van der Waals surface area contributed by atoms with Crippen molar-refractivity contribution in [3.8, 4) is 11.3 Å². The molecular weight excluding hydrogens is 336 g/mol. The molecule has 132 valence electrons. The number of rotatable bonds is 4. The van der Waals surface area contributed by atoms with Crippen molar-refractivity contribution in [3.63, 3.8) is 0 Å². The third-order valence-electron chi connectivity index (χ3n) is 5.16. The number of aliphatic carboxylic acids is 1. The van der Waals surface area contributed by atoms with Crippen LogP contribution in [0.5, 0.6) is 0 Å². The highest BCUT2D eigenvalue weighted by Crippen LogP contribution is 2.34. The summed E-state index contributed by atoms with van der Waals surface area (Å²) in [4.78, 5) is 30.9. The topological polar surface area (TPSA) is 70.5 Å². The standard InChI is InChI=1S/C19H22N2O3S/c1-13-15(6-7-16(20-13)14-8-11-25-12-14)17(22)21(2)19(18(23)24)9-4-3-5-10-19/h6-8,11-12H,3-5,9-10H2,1-2H3,(H,23,24). The van der Waals surface area contributed by atoms with Crippen molar-refractivity contribution in [3.05, 3.63) is 40.2 Å². The third kappa shape index (κ3) is 3.18. The van der Waals surface area contributed by atoms with E-state index >= 15 is 0 Å². The molecule has 0 aliphatic heterocycles. The molecule has 1 amide bonds. The molecule has 0 unspecified atom stereocenters. The van der Waals surface area contributed by atoms with Crippen LogP contribution in [0.1, 0.15) is 48.2 Å². The minimum Gasteiger partial charge on any atom is -0.479 e. The van der Waals surface area contributed by atoms with Crippen molar-refractivity contribution >= 4 is 23.2 Å². The minimum absolute atomic E-state index is 0.272. The number of thiophene rings is 1. The van der Waals surface area contributed by atoms with Gasteiger partial charge in [0.15, 0.2) is 0 Å².